The van der Waals surface area contributed by atoms with E-state index < -0.39 is 5.97 Å². The summed E-state index contributed by atoms with van der Waals surface area (Å²) in [6.07, 6.45) is 5.06. The maximum atomic E-state index is 12.2. The molecule has 0 radical (unpaired) electrons. The molecule has 1 saturated carbocycles. The van der Waals surface area contributed by atoms with Crippen molar-refractivity contribution < 1.29 is 9.53 Å². The van der Waals surface area contributed by atoms with Crippen molar-refractivity contribution >= 4 is 29.0 Å². The fourth-order valence-corrected chi connectivity index (χ4v) is 5.74. The number of carbonyl (C=O) groups excluding carboxylic acids is 1. The van der Waals surface area contributed by atoms with Crippen LogP contribution in [0.5, 0.6) is 0 Å². The molecule has 2 heterocycles. The molecule has 2 unspecified atom stereocenters. The first-order chi connectivity index (χ1) is 14.1. The molecule has 0 amide bonds. The Morgan fingerprint density at radius 1 is 1.23 bits per heavy atom. The predicted octanol–water partition coefficient (Wildman–Crippen LogP) is 4.02. The first-order valence-electron chi connectivity index (χ1n) is 10.4. The minimum atomic E-state index is -0.395. The summed E-state index contributed by atoms with van der Waals surface area (Å²) in [4.78, 5) is 25.5. The molecule has 1 aromatic heterocycles. The van der Waals surface area contributed by atoms with E-state index in [0.29, 0.717) is 34.2 Å². The molecule has 4 rings (SSSR count). The average molecular weight is 410 g/mol. The molecule has 2 N–H and O–H groups in total. The van der Waals surface area contributed by atoms with Crippen LogP contribution in [0.4, 0.5) is 23.0 Å². The Labute approximate surface area is 178 Å². The van der Waals surface area contributed by atoms with Gasteiger partial charge < -0.3 is 20.3 Å². The largest absolute Gasteiger partial charge is 0.465 e. The van der Waals surface area contributed by atoms with Gasteiger partial charge in [0.2, 0.25) is 0 Å². The van der Waals surface area contributed by atoms with Crippen LogP contribution in [0.2, 0.25) is 0 Å². The summed E-state index contributed by atoms with van der Waals surface area (Å²) in [5.41, 5.74) is 8.90. The molecule has 1 aromatic carbocycles. The van der Waals surface area contributed by atoms with Crippen LogP contribution < -0.4 is 15.5 Å². The smallest absolute Gasteiger partial charge is 0.339 e. The lowest BCUT2D eigenvalue weighted by atomic mass is 9.65. The minimum absolute atomic E-state index is 0.271. The van der Waals surface area contributed by atoms with Gasteiger partial charge >= 0.3 is 5.97 Å². The number of anilines is 4. The number of carbonyl (C=O) groups is 1. The Hall–Kier alpha value is -2.83. The molecule has 1 aliphatic carbocycles. The lowest BCUT2D eigenvalue weighted by Gasteiger charge is -2.39. The van der Waals surface area contributed by atoms with Gasteiger partial charge in [0.25, 0.3) is 0 Å². The number of fused-ring (bicyclic) bond motifs is 2. The van der Waals surface area contributed by atoms with E-state index >= 15 is 0 Å². The van der Waals surface area contributed by atoms with Gasteiger partial charge in [-0.3, -0.25) is 0 Å². The van der Waals surface area contributed by atoms with Crippen LogP contribution in [0.15, 0.2) is 30.6 Å². The highest BCUT2D eigenvalue weighted by Crippen LogP contribution is 2.54. The van der Waals surface area contributed by atoms with Gasteiger partial charge in [0.15, 0.2) is 11.6 Å². The highest BCUT2D eigenvalue weighted by molar-refractivity contribution is 5.97. The predicted molar refractivity (Wildman–Crippen MR) is 119 cm³/mol. The second-order valence-corrected chi connectivity index (χ2v) is 9.84. The monoisotopic (exact) mass is 409 g/mol. The Balaban J connectivity index is 1.71. The maximum Gasteiger partial charge on any atom is 0.339 e. The van der Waals surface area contributed by atoms with E-state index in [1.165, 1.54) is 13.5 Å². The first kappa shape index (κ1) is 20.4. The number of esters is 1. The molecule has 7 nitrogen and oxygen atoms in total. The zero-order chi connectivity index (χ0) is 21.7. The van der Waals surface area contributed by atoms with Crippen LogP contribution in [0, 0.1) is 10.8 Å². The van der Waals surface area contributed by atoms with Crippen LogP contribution >= 0.6 is 0 Å². The molecule has 2 aliphatic rings. The molecule has 0 spiro atoms. The van der Waals surface area contributed by atoms with Crippen LogP contribution in [-0.4, -0.2) is 42.7 Å². The zero-order valence-electron chi connectivity index (χ0n) is 18.5. The zero-order valence-corrected chi connectivity index (χ0v) is 18.5. The van der Waals surface area contributed by atoms with Gasteiger partial charge in [-0.1, -0.05) is 32.9 Å². The summed E-state index contributed by atoms with van der Waals surface area (Å²) >= 11 is 0. The van der Waals surface area contributed by atoms with E-state index in [4.69, 9.17) is 10.5 Å². The molecule has 7 heteroatoms. The van der Waals surface area contributed by atoms with E-state index in [9.17, 15) is 4.79 Å². The van der Waals surface area contributed by atoms with Gasteiger partial charge in [-0.25, -0.2) is 14.8 Å². The third kappa shape index (κ3) is 3.46. The van der Waals surface area contributed by atoms with Crippen molar-refractivity contribution in [2.75, 3.05) is 36.2 Å². The Kier molecular flexibility index (Phi) is 4.87. The number of benzene rings is 1. The topological polar surface area (TPSA) is 84.6 Å². The molecule has 2 aromatic rings. The van der Waals surface area contributed by atoms with Crippen molar-refractivity contribution in [3.8, 4) is 0 Å². The van der Waals surface area contributed by atoms with Crippen molar-refractivity contribution in [2.45, 2.75) is 46.1 Å². The molecular formula is C23H31N5O2. The summed E-state index contributed by atoms with van der Waals surface area (Å²) in [6.45, 7) is 8.03. The number of nitrogen functional groups attached to an aromatic ring is 1. The quantitative estimate of drug-likeness (QED) is 0.764. The number of hydrogen-bond acceptors (Lipinski definition) is 7. The lowest BCUT2D eigenvalue weighted by molar-refractivity contribution is 0.0601. The van der Waals surface area contributed by atoms with E-state index in [1.807, 2.05) is 30.1 Å². The number of nitrogens with two attached hydrogens (primary N) is 1. The molecule has 30 heavy (non-hydrogen) atoms. The van der Waals surface area contributed by atoms with Gasteiger partial charge in [-0.05, 0) is 42.2 Å². The SMILES string of the molecule is COC(=O)c1ccccc1N(C)c1ncnc(N2CC3(C)CC2CC(C)(C)C3)c1N. The van der Waals surface area contributed by atoms with Crippen molar-refractivity contribution in [1.29, 1.82) is 0 Å². The number of aromatic nitrogens is 2. The van der Waals surface area contributed by atoms with Crippen molar-refractivity contribution in [3.05, 3.63) is 36.2 Å². The standard InChI is InChI=1S/C23H31N5O2/c1-22(2)10-15-11-23(3,12-22)13-28(15)20-18(24)19(25-14-26-20)27(4)17-9-7-6-8-16(17)21(29)30-5/h6-9,14-15H,10-13,24H2,1-5H3. The molecule has 2 bridgehead atoms. The van der Waals surface area contributed by atoms with Gasteiger partial charge in [-0.15, -0.1) is 0 Å². The van der Waals surface area contributed by atoms with Gasteiger partial charge in [0.1, 0.15) is 12.0 Å². The fourth-order valence-electron chi connectivity index (χ4n) is 5.74. The lowest BCUT2D eigenvalue weighted by Crippen LogP contribution is -2.35. The highest BCUT2D eigenvalue weighted by Gasteiger charge is 2.50. The van der Waals surface area contributed by atoms with Crippen molar-refractivity contribution in [3.63, 3.8) is 0 Å². The van der Waals surface area contributed by atoms with E-state index in [-0.39, 0.29) is 5.41 Å². The third-order valence-corrected chi connectivity index (χ3v) is 6.52. The Morgan fingerprint density at radius 2 is 1.97 bits per heavy atom. The average Bonchev–Trinajstić information content (AvgIpc) is 2.95. The van der Waals surface area contributed by atoms with Crippen molar-refractivity contribution in [1.82, 2.24) is 9.97 Å². The molecule has 2 fully saturated rings. The van der Waals surface area contributed by atoms with E-state index in [0.717, 1.165) is 25.2 Å². The van der Waals surface area contributed by atoms with Gasteiger partial charge in [-0.2, -0.15) is 0 Å². The fraction of sp³-hybridized carbons (Fsp3) is 0.522. The molecule has 1 aliphatic heterocycles. The molecule has 1 saturated heterocycles. The summed E-state index contributed by atoms with van der Waals surface area (Å²) in [6, 6.07) is 7.72. The van der Waals surface area contributed by atoms with Gasteiger partial charge in [0, 0.05) is 19.6 Å². The Bertz CT molecular complexity index is 976. The second kappa shape index (κ2) is 7.15. The van der Waals surface area contributed by atoms with E-state index in [1.54, 1.807) is 12.4 Å². The number of methoxy groups -OCH3 is 1. The number of hydrogen-bond donors (Lipinski definition) is 1. The van der Waals surface area contributed by atoms with Crippen LogP contribution in [0.1, 0.15) is 50.4 Å². The number of nitrogens with zero attached hydrogens (tertiary/aromatic N) is 4. The Morgan fingerprint density at radius 3 is 2.70 bits per heavy atom. The maximum absolute atomic E-state index is 12.2. The van der Waals surface area contributed by atoms with Crippen LogP contribution in [-0.2, 0) is 4.74 Å². The number of para-hydroxylation sites is 1. The molecule has 2 atom stereocenters. The normalized spacial score (nSPS) is 24.6. The highest BCUT2D eigenvalue weighted by atomic mass is 16.5. The van der Waals surface area contributed by atoms with Gasteiger partial charge in [0.05, 0.1) is 18.4 Å². The summed E-state index contributed by atoms with van der Waals surface area (Å²) in [5, 5.41) is 0. The number of rotatable bonds is 4. The second-order valence-electron chi connectivity index (χ2n) is 9.84. The minimum Gasteiger partial charge on any atom is -0.465 e. The molecular weight excluding hydrogens is 378 g/mol. The van der Waals surface area contributed by atoms with Crippen molar-refractivity contribution in [2.24, 2.45) is 10.8 Å². The van der Waals surface area contributed by atoms with E-state index in [2.05, 4.69) is 35.6 Å². The summed E-state index contributed by atoms with van der Waals surface area (Å²) in [5.74, 6) is 0.977. The van der Waals surface area contributed by atoms with Crippen LogP contribution in [0.25, 0.3) is 0 Å². The number of ether oxygens (including phenoxy) is 1. The summed E-state index contributed by atoms with van der Waals surface area (Å²) < 4.78 is 4.94. The first-order valence-corrected chi connectivity index (χ1v) is 10.4. The third-order valence-electron chi connectivity index (χ3n) is 6.52. The van der Waals surface area contributed by atoms with Crippen LogP contribution in [0.3, 0.4) is 0 Å². The molecule has 160 valence electrons. The summed E-state index contributed by atoms with van der Waals surface area (Å²) in [7, 11) is 3.24.